The van der Waals surface area contributed by atoms with Gasteiger partial charge >= 0.3 is 5.97 Å². The Hall–Kier alpha value is -1.07. The highest BCUT2D eigenvalue weighted by atomic mass is 16.5. The first-order valence-corrected chi connectivity index (χ1v) is 10.4. The van der Waals surface area contributed by atoms with Crippen molar-refractivity contribution in [3.8, 4) is 0 Å². The lowest BCUT2D eigenvalue weighted by molar-refractivity contribution is -0.143. The molecule has 30 heavy (non-hydrogen) atoms. The minimum absolute atomic E-state index is 0.0806. The summed E-state index contributed by atoms with van der Waals surface area (Å²) in [5.41, 5.74) is -2.32. The van der Waals surface area contributed by atoms with Crippen LogP contribution >= 0.6 is 0 Å². The quantitative estimate of drug-likeness (QED) is 0.104. The van der Waals surface area contributed by atoms with Gasteiger partial charge in [0.25, 0.3) is 0 Å². The molecule has 1 atom stereocenters. The van der Waals surface area contributed by atoms with E-state index < -0.39 is 50.5 Å². The van der Waals surface area contributed by atoms with E-state index in [-0.39, 0.29) is 25.3 Å². The maximum atomic E-state index is 10.9. The van der Waals surface area contributed by atoms with Crippen LogP contribution < -0.4 is 0 Å². The van der Waals surface area contributed by atoms with Crippen molar-refractivity contribution in [2.75, 3.05) is 52.9 Å². The van der Waals surface area contributed by atoms with Gasteiger partial charge in [-0.1, -0.05) is 33.3 Å². The van der Waals surface area contributed by atoms with Crippen molar-refractivity contribution in [1.29, 1.82) is 0 Å². The molecule has 0 spiro atoms. The molecule has 0 saturated heterocycles. The molecule has 9 heteroatoms. The fourth-order valence-electron chi connectivity index (χ4n) is 2.24. The number of hydrogen-bond acceptors (Lipinski definition) is 9. The monoisotopic (exact) mass is 438 g/mol. The highest BCUT2D eigenvalue weighted by Crippen LogP contribution is 2.19. The topological polar surface area (TPSA) is 157 Å². The van der Waals surface area contributed by atoms with Crippen LogP contribution in [0.5, 0.6) is 0 Å². The van der Waals surface area contributed by atoms with Crippen LogP contribution in [0.3, 0.4) is 0 Å². The second-order valence-electron chi connectivity index (χ2n) is 7.61. The SMILES string of the molecule is C=CC(=O)OC(CC)CCCCC.OCC(CO)(CO)COCC(CO)(CO)CO. The summed E-state index contributed by atoms with van der Waals surface area (Å²) in [6.07, 6.45) is 6.72. The zero-order valence-corrected chi connectivity index (χ0v) is 18.5. The lowest BCUT2D eigenvalue weighted by Gasteiger charge is -2.31. The van der Waals surface area contributed by atoms with Gasteiger partial charge < -0.3 is 40.1 Å². The summed E-state index contributed by atoms with van der Waals surface area (Å²) in [5, 5.41) is 54.2. The summed E-state index contributed by atoms with van der Waals surface area (Å²) in [7, 11) is 0. The number of aliphatic hydroxyl groups is 6. The fourth-order valence-corrected chi connectivity index (χ4v) is 2.24. The molecule has 1 unspecified atom stereocenters. The molecule has 0 aromatic rings. The van der Waals surface area contributed by atoms with Crippen LogP contribution in [-0.2, 0) is 14.3 Å². The molecule has 0 aliphatic carbocycles. The molecule has 0 fully saturated rings. The van der Waals surface area contributed by atoms with E-state index in [0.717, 1.165) is 19.3 Å². The highest BCUT2D eigenvalue weighted by molar-refractivity contribution is 5.81. The van der Waals surface area contributed by atoms with E-state index in [0.29, 0.717) is 0 Å². The Bertz CT molecular complexity index is 384. The Morgan fingerprint density at radius 3 is 1.60 bits per heavy atom. The number of unbranched alkanes of at least 4 members (excludes halogenated alkanes) is 2. The van der Waals surface area contributed by atoms with Gasteiger partial charge in [0.05, 0.1) is 63.7 Å². The first-order chi connectivity index (χ1) is 14.3. The highest BCUT2D eigenvalue weighted by Gasteiger charge is 2.32. The summed E-state index contributed by atoms with van der Waals surface area (Å²) < 4.78 is 10.3. The van der Waals surface area contributed by atoms with Crippen LogP contribution in [0.2, 0.25) is 0 Å². The van der Waals surface area contributed by atoms with Gasteiger partial charge in [-0.25, -0.2) is 4.79 Å². The molecule has 0 amide bonds. The van der Waals surface area contributed by atoms with Crippen LogP contribution in [0, 0.1) is 10.8 Å². The van der Waals surface area contributed by atoms with Crippen molar-refractivity contribution in [2.45, 2.75) is 52.1 Å². The number of rotatable bonds is 17. The lowest BCUT2D eigenvalue weighted by Crippen LogP contribution is -2.43. The van der Waals surface area contributed by atoms with Gasteiger partial charge in [0.15, 0.2) is 0 Å². The minimum atomic E-state index is -1.16. The van der Waals surface area contributed by atoms with Gasteiger partial charge in [-0.15, -0.1) is 0 Å². The van der Waals surface area contributed by atoms with Crippen LogP contribution in [-0.4, -0.2) is 95.6 Å². The predicted molar refractivity (Wildman–Crippen MR) is 113 cm³/mol. The largest absolute Gasteiger partial charge is 0.459 e. The van der Waals surface area contributed by atoms with Gasteiger partial charge in [0.2, 0.25) is 0 Å². The Morgan fingerprint density at radius 2 is 1.30 bits per heavy atom. The average molecular weight is 439 g/mol. The minimum Gasteiger partial charge on any atom is -0.459 e. The third-order valence-corrected chi connectivity index (χ3v) is 4.86. The Morgan fingerprint density at radius 1 is 0.867 bits per heavy atom. The van der Waals surface area contributed by atoms with E-state index >= 15 is 0 Å². The normalized spacial score (nSPS) is 12.7. The number of esters is 1. The summed E-state index contributed by atoms with van der Waals surface area (Å²) >= 11 is 0. The molecular weight excluding hydrogens is 396 g/mol. The lowest BCUT2D eigenvalue weighted by atomic mass is 9.91. The number of aliphatic hydroxyl groups excluding tert-OH is 6. The molecule has 0 aliphatic heterocycles. The Labute approximate surface area is 180 Å². The molecule has 0 saturated carbocycles. The van der Waals surface area contributed by atoms with E-state index in [1.165, 1.54) is 18.9 Å². The van der Waals surface area contributed by atoms with Crippen LogP contribution in [0.4, 0.5) is 0 Å². The molecule has 0 bridgehead atoms. The van der Waals surface area contributed by atoms with E-state index in [2.05, 4.69) is 13.5 Å². The molecule has 0 aliphatic rings. The van der Waals surface area contributed by atoms with Gasteiger partial charge in [-0.2, -0.15) is 0 Å². The molecule has 9 nitrogen and oxygen atoms in total. The Balaban J connectivity index is 0. The third-order valence-electron chi connectivity index (χ3n) is 4.86. The van der Waals surface area contributed by atoms with E-state index in [4.69, 9.17) is 40.1 Å². The maximum Gasteiger partial charge on any atom is 0.330 e. The maximum absolute atomic E-state index is 10.9. The van der Waals surface area contributed by atoms with Crippen molar-refractivity contribution < 1.29 is 44.9 Å². The standard InChI is InChI=1S/C11H20O2.C10H22O7/c1-4-7-8-9-10(5-2)13-11(12)6-3;11-1-9(2-12,3-13)7-17-8-10(4-14,5-15)6-16/h6,10H,3-5,7-9H2,1-2H3;11-16H,1-8H2. The van der Waals surface area contributed by atoms with Gasteiger partial charge in [-0.05, 0) is 19.3 Å². The second-order valence-corrected chi connectivity index (χ2v) is 7.61. The number of ether oxygens (including phenoxy) is 2. The zero-order valence-electron chi connectivity index (χ0n) is 18.5. The van der Waals surface area contributed by atoms with E-state index in [1.807, 2.05) is 6.92 Å². The van der Waals surface area contributed by atoms with Gasteiger partial charge in [-0.3, -0.25) is 0 Å². The molecule has 0 heterocycles. The molecule has 0 aromatic heterocycles. The number of carbonyl (C=O) groups is 1. The summed E-state index contributed by atoms with van der Waals surface area (Å²) in [6, 6.07) is 0. The van der Waals surface area contributed by atoms with Gasteiger partial charge in [0, 0.05) is 6.08 Å². The molecular formula is C21H42O9. The van der Waals surface area contributed by atoms with Crippen molar-refractivity contribution >= 4 is 5.97 Å². The number of hydrogen-bond donors (Lipinski definition) is 6. The first-order valence-electron chi connectivity index (χ1n) is 10.4. The second kappa shape index (κ2) is 18.7. The smallest absolute Gasteiger partial charge is 0.330 e. The summed E-state index contributed by atoms with van der Waals surface area (Å²) in [6.45, 7) is 4.56. The average Bonchev–Trinajstić information content (AvgIpc) is 2.80. The zero-order chi connectivity index (χ0) is 23.5. The molecule has 6 N–H and O–H groups in total. The summed E-state index contributed by atoms with van der Waals surface area (Å²) in [5.74, 6) is -0.302. The summed E-state index contributed by atoms with van der Waals surface area (Å²) in [4.78, 5) is 10.9. The van der Waals surface area contributed by atoms with Crippen molar-refractivity contribution in [3.05, 3.63) is 12.7 Å². The molecule has 0 radical (unpaired) electrons. The van der Waals surface area contributed by atoms with Gasteiger partial charge in [0.1, 0.15) is 6.10 Å². The van der Waals surface area contributed by atoms with Crippen LogP contribution in [0.1, 0.15) is 46.0 Å². The first kappa shape index (κ1) is 31.1. The van der Waals surface area contributed by atoms with Crippen molar-refractivity contribution in [1.82, 2.24) is 0 Å². The molecule has 0 rings (SSSR count). The predicted octanol–water partition coefficient (Wildman–Crippen LogP) is 0.00410. The van der Waals surface area contributed by atoms with Crippen LogP contribution in [0.15, 0.2) is 12.7 Å². The van der Waals surface area contributed by atoms with Crippen molar-refractivity contribution in [2.24, 2.45) is 10.8 Å². The molecule has 0 aromatic carbocycles. The van der Waals surface area contributed by atoms with E-state index in [1.54, 1.807) is 0 Å². The number of carbonyl (C=O) groups excluding carboxylic acids is 1. The van der Waals surface area contributed by atoms with E-state index in [9.17, 15) is 4.79 Å². The molecule has 180 valence electrons. The Kier molecular flexibility index (Phi) is 19.4. The third kappa shape index (κ3) is 12.6. The van der Waals surface area contributed by atoms with Crippen LogP contribution in [0.25, 0.3) is 0 Å². The van der Waals surface area contributed by atoms with Crippen molar-refractivity contribution in [3.63, 3.8) is 0 Å². The fraction of sp³-hybridized carbons (Fsp3) is 0.857.